The summed E-state index contributed by atoms with van der Waals surface area (Å²) >= 11 is 0. The molecule has 98 valence electrons. The maximum absolute atomic E-state index is 11.3. The predicted molar refractivity (Wildman–Crippen MR) is 72.6 cm³/mol. The molecule has 0 radical (unpaired) electrons. The van der Waals surface area contributed by atoms with Gasteiger partial charge in [0.15, 0.2) is 0 Å². The molecule has 4 nitrogen and oxygen atoms in total. The van der Waals surface area contributed by atoms with Gasteiger partial charge >= 0.3 is 0 Å². The molecule has 0 spiro atoms. The van der Waals surface area contributed by atoms with Gasteiger partial charge in [0, 0.05) is 23.0 Å². The van der Waals surface area contributed by atoms with Crippen molar-refractivity contribution in [1.29, 1.82) is 0 Å². The molecule has 0 aromatic heterocycles. The average Bonchev–Trinajstić information content (AvgIpc) is 2.31. The van der Waals surface area contributed by atoms with Crippen LogP contribution in [0.1, 0.15) is 26.7 Å². The SMILES string of the molecule is CCS(=O)S(=O)CCCCS(=O)S(=O)CC. The first-order chi connectivity index (χ1) is 7.52. The minimum atomic E-state index is -1.29. The van der Waals surface area contributed by atoms with Crippen LogP contribution in [0.25, 0.3) is 0 Å². The highest BCUT2D eigenvalue weighted by molar-refractivity contribution is 8.61. The van der Waals surface area contributed by atoms with Gasteiger partial charge in [-0.1, -0.05) is 13.8 Å². The largest absolute Gasteiger partial charge is 0.246 e. The smallest absolute Gasteiger partial charge is 0.110 e. The quantitative estimate of drug-likeness (QED) is 0.463. The van der Waals surface area contributed by atoms with Crippen LogP contribution in [0.4, 0.5) is 0 Å². The zero-order valence-corrected chi connectivity index (χ0v) is 12.8. The minimum Gasteiger partial charge on any atom is -0.246 e. The lowest BCUT2D eigenvalue weighted by atomic mass is 10.4. The van der Waals surface area contributed by atoms with Crippen LogP contribution in [0.3, 0.4) is 0 Å². The van der Waals surface area contributed by atoms with Crippen LogP contribution in [0, 0.1) is 0 Å². The Balaban J connectivity index is 3.69. The number of hydrogen-bond donors (Lipinski definition) is 0. The summed E-state index contributed by atoms with van der Waals surface area (Å²) in [5.74, 6) is 1.55. The Morgan fingerprint density at radius 1 is 0.625 bits per heavy atom. The fraction of sp³-hybridized carbons (Fsp3) is 1.00. The molecule has 16 heavy (non-hydrogen) atoms. The summed E-state index contributed by atoms with van der Waals surface area (Å²) in [4.78, 5) is 0. The second kappa shape index (κ2) is 9.61. The highest BCUT2D eigenvalue weighted by Crippen LogP contribution is 2.01. The average molecular weight is 306 g/mol. The van der Waals surface area contributed by atoms with Gasteiger partial charge in [-0.15, -0.1) is 0 Å². The lowest BCUT2D eigenvalue weighted by Crippen LogP contribution is -2.10. The van der Waals surface area contributed by atoms with Gasteiger partial charge in [0.05, 0.1) is 0 Å². The molecule has 0 aromatic rings. The number of rotatable bonds is 9. The summed E-state index contributed by atoms with van der Waals surface area (Å²) < 4.78 is 44.8. The summed E-state index contributed by atoms with van der Waals surface area (Å²) in [5.41, 5.74) is 0. The van der Waals surface area contributed by atoms with Crippen molar-refractivity contribution < 1.29 is 16.8 Å². The molecule has 0 fully saturated rings. The van der Waals surface area contributed by atoms with Crippen molar-refractivity contribution >= 4 is 39.3 Å². The molecule has 0 N–H and O–H groups in total. The van der Waals surface area contributed by atoms with Gasteiger partial charge in [-0.05, 0) is 12.8 Å². The lowest BCUT2D eigenvalue weighted by Gasteiger charge is -2.01. The first-order valence-corrected chi connectivity index (χ1v) is 11.4. The van der Waals surface area contributed by atoms with E-state index in [-0.39, 0.29) is 0 Å². The summed E-state index contributed by atoms with van der Waals surface area (Å²) in [5, 5.41) is 0. The predicted octanol–water partition coefficient (Wildman–Crippen LogP) is 0.631. The summed E-state index contributed by atoms with van der Waals surface area (Å²) in [6, 6.07) is 0. The molecule has 0 saturated carbocycles. The molecule has 0 aliphatic carbocycles. The van der Waals surface area contributed by atoms with E-state index in [0.717, 1.165) is 0 Å². The van der Waals surface area contributed by atoms with Crippen LogP contribution < -0.4 is 0 Å². The second-order valence-electron chi connectivity index (χ2n) is 2.91. The fourth-order valence-electron chi connectivity index (χ4n) is 0.889. The first-order valence-electron chi connectivity index (χ1n) is 5.07. The van der Waals surface area contributed by atoms with Crippen molar-refractivity contribution in [2.75, 3.05) is 23.0 Å². The number of unbranched alkanes of at least 4 members (excludes halogenated alkanes) is 1. The zero-order chi connectivity index (χ0) is 12.6. The Morgan fingerprint density at radius 3 is 1.19 bits per heavy atom. The van der Waals surface area contributed by atoms with Gasteiger partial charge in [-0.25, -0.2) is 16.8 Å². The fourth-order valence-corrected chi connectivity index (χ4v) is 6.07. The van der Waals surface area contributed by atoms with E-state index in [4.69, 9.17) is 0 Å². The highest BCUT2D eigenvalue weighted by atomic mass is 33.1. The van der Waals surface area contributed by atoms with Gasteiger partial charge in [-0.3, -0.25) is 0 Å². The zero-order valence-electron chi connectivity index (χ0n) is 9.51. The molecular formula is C8H18O4S4. The normalized spacial score (nSPS) is 18.9. The van der Waals surface area contributed by atoms with Crippen LogP contribution in [-0.4, -0.2) is 39.8 Å². The Morgan fingerprint density at radius 2 is 0.938 bits per heavy atom. The summed E-state index contributed by atoms with van der Waals surface area (Å²) in [6.45, 7) is 3.46. The molecule has 0 bridgehead atoms. The van der Waals surface area contributed by atoms with Crippen LogP contribution in [0.2, 0.25) is 0 Å². The molecule has 0 saturated heterocycles. The molecule has 0 aliphatic heterocycles. The van der Waals surface area contributed by atoms with E-state index in [0.29, 0.717) is 35.9 Å². The molecule has 0 aliphatic rings. The van der Waals surface area contributed by atoms with E-state index in [2.05, 4.69) is 0 Å². The van der Waals surface area contributed by atoms with E-state index in [1.54, 1.807) is 13.8 Å². The molecule has 0 amide bonds. The van der Waals surface area contributed by atoms with Gasteiger partial charge in [0.2, 0.25) is 0 Å². The van der Waals surface area contributed by atoms with Gasteiger partial charge in [-0.2, -0.15) is 0 Å². The lowest BCUT2D eigenvalue weighted by molar-refractivity contribution is 0.672. The summed E-state index contributed by atoms with van der Waals surface area (Å²) in [6.07, 6.45) is 1.23. The molecule has 0 heterocycles. The van der Waals surface area contributed by atoms with Crippen LogP contribution in [0.15, 0.2) is 0 Å². The molecule has 8 heteroatoms. The van der Waals surface area contributed by atoms with Crippen molar-refractivity contribution in [3.8, 4) is 0 Å². The monoisotopic (exact) mass is 306 g/mol. The maximum Gasteiger partial charge on any atom is 0.110 e. The van der Waals surface area contributed by atoms with Crippen LogP contribution in [0.5, 0.6) is 0 Å². The Kier molecular flexibility index (Phi) is 9.97. The molecule has 0 rings (SSSR count). The van der Waals surface area contributed by atoms with Gasteiger partial charge in [0.1, 0.15) is 39.3 Å². The molecular weight excluding hydrogens is 288 g/mol. The Hall–Kier alpha value is 0.600. The van der Waals surface area contributed by atoms with E-state index in [1.165, 1.54) is 0 Å². The van der Waals surface area contributed by atoms with Crippen LogP contribution >= 0.6 is 0 Å². The van der Waals surface area contributed by atoms with Crippen molar-refractivity contribution in [1.82, 2.24) is 0 Å². The van der Waals surface area contributed by atoms with Crippen molar-refractivity contribution in [3.05, 3.63) is 0 Å². The molecule has 4 atom stereocenters. The number of hydrogen-bond acceptors (Lipinski definition) is 4. The maximum atomic E-state index is 11.3. The third kappa shape index (κ3) is 7.03. The van der Waals surface area contributed by atoms with Crippen molar-refractivity contribution in [3.63, 3.8) is 0 Å². The van der Waals surface area contributed by atoms with Crippen molar-refractivity contribution in [2.24, 2.45) is 0 Å². The summed E-state index contributed by atoms with van der Waals surface area (Å²) in [7, 11) is -5.11. The topological polar surface area (TPSA) is 68.3 Å². The molecule has 4 unspecified atom stereocenters. The Labute approximate surface area is 106 Å². The third-order valence-corrected chi connectivity index (χ3v) is 9.68. The first kappa shape index (κ1) is 16.6. The standard InChI is InChI=1S/C8H18O4S4/c1-3-13(9)15(11)7-5-6-8-16(12)14(10)4-2/h3-8H2,1-2H3. The van der Waals surface area contributed by atoms with Gasteiger partial charge in [0.25, 0.3) is 0 Å². The van der Waals surface area contributed by atoms with E-state index in [9.17, 15) is 16.8 Å². The van der Waals surface area contributed by atoms with E-state index >= 15 is 0 Å². The Bertz CT molecular complexity index is 272. The van der Waals surface area contributed by atoms with E-state index in [1.807, 2.05) is 0 Å². The van der Waals surface area contributed by atoms with Gasteiger partial charge < -0.3 is 0 Å². The third-order valence-electron chi connectivity index (χ3n) is 1.76. The van der Waals surface area contributed by atoms with Crippen LogP contribution in [-0.2, 0) is 39.3 Å². The minimum absolute atomic E-state index is 0.371. The second-order valence-corrected chi connectivity index (χ2v) is 11.8. The van der Waals surface area contributed by atoms with Crippen molar-refractivity contribution in [2.45, 2.75) is 26.7 Å². The van der Waals surface area contributed by atoms with E-state index < -0.39 is 39.3 Å². The highest BCUT2D eigenvalue weighted by Gasteiger charge is 2.09. The molecule has 0 aromatic carbocycles.